The van der Waals surface area contributed by atoms with E-state index >= 15 is 0 Å². The zero-order valence-electron chi connectivity index (χ0n) is 9.63. The quantitative estimate of drug-likeness (QED) is 0.764. The molecule has 0 aliphatic carbocycles. The second-order valence-electron chi connectivity index (χ2n) is 4.37. The Bertz CT molecular complexity index is 419. The molecule has 1 aliphatic heterocycles. The maximum Gasteiger partial charge on any atom is 0.165 e. The highest BCUT2D eigenvalue weighted by Crippen LogP contribution is 2.20. The molecule has 1 fully saturated rings. The third-order valence-electron chi connectivity index (χ3n) is 3.10. The molecule has 3 nitrogen and oxygen atoms in total. The van der Waals surface area contributed by atoms with Crippen LogP contribution in [0.1, 0.15) is 18.4 Å². The molecule has 0 amide bonds. The van der Waals surface area contributed by atoms with Crippen LogP contribution < -0.4 is 0 Å². The number of Topliss-reactive ketones (excluding diaryl/α,β-unsaturated/α-hetero) is 1. The Morgan fingerprint density at radius 1 is 1.35 bits per heavy atom. The van der Waals surface area contributed by atoms with Gasteiger partial charge in [0.1, 0.15) is 5.78 Å². The smallest absolute Gasteiger partial charge is 0.165 e. The van der Waals surface area contributed by atoms with Crippen LogP contribution in [0.5, 0.6) is 0 Å². The molecule has 1 saturated heterocycles. The van der Waals surface area contributed by atoms with E-state index in [9.17, 15) is 9.59 Å². The van der Waals surface area contributed by atoms with Crippen LogP contribution >= 0.6 is 9.24 Å². The fourth-order valence-electron chi connectivity index (χ4n) is 2.16. The number of hydrogen-bond donors (Lipinski definition) is 0. The molecular formula is C13H16NO2P. The predicted octanol–water partition coefficient (Wildman–Crippen LogP) is 1.62. The summed E-state index contributed by atoms with van der Waals surface area (Å²) >= 11 is 0. The van der Waals surface area contributed by atoms with Gasteiger partial charge in [0, 0.05) is 25.9 Å². The van der Waals surface area contributed by atoms with Crippen molar-refractivity contribution in [3.63, 3.8) is 0 Å². The molecule has 0 N–H and O–H groups in total. The second kappa shape index (κ2) is 5.52. The number of carbonyl (C=O) groups excluding carboxylic acids is 2. The van der Waals surface area contributed by atoms with Gasteiger partial charge in [-0.2, -0.15) is 0 Å². The number of nitrogens with zero attached hydrogens (tertiary/aromatic N) is 1. The molecule has 0 saturated carbocycles. The van der Waals surface area contributed by atoms with Crippen molar-refractivity contribution in [1.82, 2.24) is 4.90 Å². The molecule has 0 spiro atoms. The Labute approximate surface area is 103 Å². The molecule has 2 unspecified atom stereocenters. The van der Waals surface area contributed by atoms with Gasteiger partial charge >= 0.3 is 0 Å². The van der Waals surface area contributed by atoms with Crippen LogP contribution in [0.15, 0.2) is 30.3 Å². The predicted molar refractivity (Wildman–Crippen MR) is 69.6 cm³/mol. The van der Waals surface area contributed by atoms with Gasteiger partial charge in [-0.3, -0.25) is 14.5 Å². The van der Waals surface area contributed by atoms with E-state index in [4.69, 9.17) is 0 Å². The molecule has 1 heterocycles. The summed E-state index contributed by atoms with van der Waals surface area (Å²) < 4.78 is 0. The largest absolute Gasteiger partial charge is 0.300 e. The summed E-state index contributed by atoms with van der Waals surface area (Å²) in [4.78, 5) is 25.0. The lowest BCUT2D eigenvalue weighted by atomic mass is 10.0. The molecular weight excluding hydrogens is 233 g/mol. The molecule has 1 aliphatic rings. The van der Waals surface area contributed by atoms with Crippen molar-refractivity contribution in [1.29, 1.82) is 0 Å². The van der Waals surface area contributed by atoms with Crippen molar-refractivity contribution >= 4 is 20.5 Å². The Morgan fingerprint density at radius 3 is 2.71 bits per heavy atom. The molecule has 2 atom stereocenters. The van der Waals surface area contributed by atoms with Crippen molar-refractivity contribution in [2.45, 2.75) is 25.4 Å². The first kappa shape index (κ1) is 12.4. The molecule has 4 heteroatoms. The lowest BCUT2D eigenvalue weighted by Crippen LogP contribution is -2.45. The standard InChI is InChI=1S/C13H16NO2P/c15-11-6-7-14(12(8-11)13(16)17)9-10-4-2-1-3-5-10/h1-5,12H,6-9,17H2. The van der Waals surface area contributed by atoms with Gasteiger partial charge in [0.15, 0.2) is 5.52 Å². The first-order chi connectivity index (χ1) is 8.16. The summed E-state index contributed by atoms with van der Waals surface area (Å²) in [5.74, 6) is 0.190. The maximum atomic E-state index is 11.5. The van der Waals surface area contributed by atoms with Crippen molar-refractivity contribution in [3.05, 3.63) is 35.9 Å². The van der Waals surface area contributed by atoms with E-state index in [1.807, 2.05) is 30.3 Å². The van der Waals surface area contributed by atoms with Gasteiger partial charge in [0.25, 0.3) is 0 Å². The minimum Gasteiger partial charge on any atom is -0.300 e. The van der Waals surface area contributed by atoms with Crippen LogP contribution in [0.2, 0.25) is 0 Å². The van der Waals surface area contributed by atoms with Gasteiger partial charge in [-0.05, 0) is 5.56 Å². The molecule has 17 heavy (non-hydrogen) atoms. The van der Waals surface area contributed by atoms with Gasteiger partial charge in [-0.15, -0.1) is 0 Å². The SMILES string of the molecule is O=C1CCN(Cc2ccccc2)C(C(=O)P)C1. The third kappa shape index (κ3) is 3.21. The van der Waals surface area contributed by atoms with E-state index in [2.05, 4.69) is 14.1 Å². The van der Waals surface area contributed by atoms with Crippen LogP contribution in [0, 0.1) is 0 Å². The highest BCUT2D eigenvalue weighted by Gasteiger charge is 2.30. The van der Waals surface area contributed by atoms with Gasteiger partial charge in [-0.25, -0.2) is 0 Å². The van der Waals surface area contributed by atoms with E-state index < -0.39 is 0 Å². The first-order valence-corrected chi connectivity index (χ1v) is 6.33. The summed E-state index contributed by atoms with van der Waals surface area (Å²) in [6, 6.07) is 9.77. The van der Waals surface area contributed by atoms with Gasteiger partial charge < -0.3 is 0 Å². The number of likely N-dealkylation sites (tertiary alicyclic amines) is 1. The number of benzene rings is 1. The highest BCUT2D eigenvalue weighted by molar-refractivity contribution is 7.40. The van der Waals surface area contributed by atoms with Crippen molar-refractivity contribution in [2.75, 3.05) is 6.54 Å². The van der Waals surface area contributed by atoms with Crippen LogP contribution in [-0.2, 0) is 16.1 Å². The Kier molecular flexibility index (Phi) is 4.03. The minimum absolute atomic E-state index is 0.00832. The lowest BCUT2D eigenvalue weighted by molar-refractivity contribution is -0.128. The van der Waals surface area contributed by atoms with Crippen molar-refractivity contribution in [3.8, 4) is 0 Å². The maximum absolute atomic E-state index is 11.5. The van der Waals surface area contributed by atoms with Crippen LogP contribution in [0.25, 0.3) is 0 Å². The molecule has 0 radical (unpaired) electrons. The van der Waals surface area contributed by atoms with E-state index in [0.29, 0.717) is 19.4 Å². The number of ketones is 1. The van der Waals surface area contributed by atoms with Crippen LogP contribution in [-0.4, -0.2) is 28.8 Å². The zero-order chi connectivity index (χ0) is 12.3. The fourth-order valence-corrected chi connectivity index (χ4v) is 2.49. The summed E-state index contributed by atoms with van der Waals surface area (Å²) in [6.07, 6.45) is 0.913. The van der Waals surface area contributed by atoms with E-state index in [-0.39, 0.29) is 17.3 Å². The van der Waals surface area contributed by atoms with E-state index in [0.717, 1.165) is 6.54 Å². The molecule has 0 bridgehead atoms. The van der Waals surface area contributed by atoms with Crippen LogP contribution in [0.3, 0.4) is 0 Å². The number of hydrogen-bond acceptors (Lipinski definition) is 3. The zero-order valence-corrected chi connectivity index (χ0v) is 10.8. The average Bonchev–Trinajstić information content (AvgIpc) is 2.32. The van der Waals surface area contributed by atoms with E-state index in [1.54, 1.807) is 0 Å². The summed E-state index contributed by atoms with van der Waals surface area (Å²) in [7, 11) is 2.20. The lowest BCUT2D eigenvalue weighted by Gasteiger charge is -2.33. The van der Waals surface area contributed by atoms with Crippen LogP contribution in [0.4, 0.5) is 0 Å². The Morgan fingerprint density at radius 2 is 2.06 bits per heavy atom. The van der Waals surface area contributed by atoms with E-state index in [1.165, 1.54) is 5.56 Å². The minimum atomic E-state index is -0.263. The molecule has 1 aromatic rings. The molecule has 90 valence electrons. The first-order valence-electron chi connectivity index (χ1n) is 5.76. The highest BCUT2D eigenvalue weighted by atomic mass is 31.0. The third-order valence-corrected chi connectivity index (χ3v) is 3.48. The monoisotopic (exact) mass is 249 g/mol. The summed E-state index contributed by atoms with van der Waals surface area (Å²) in [5, 5.41) is 0. The Balaban J connectivity index is 2.08. The normalized spacial score (nSPS) is 21.5. The number of carbonyl (C=O) groups is 2. The molecule has 1 aromatic carbocycles. The van der Waals surface area contributed by atoms with Crippen molar-refractivity contribution < 1.29 is 9.59 Å². The van der Waals surface area contributed by atoms with Gasteiger partial charge in [0.2, 0.25) is 0 Å². The average molecular weight is 249 g/mol. The summed E-state index contributed by atoms with van der Waals surface area (Å²) in [5.41, 5.74) is 1.19. The molecule has 2 rings (SSSR count). The summed E-state index contributed by atoms with van der Waals surface area (Å²) in [6.45, 7) is 1.41. The number of rotatable bonds is 3. The molecule has 0 aromatic heterocycles. The van der Waals surface area contributed by atoms with Gasteiger partial charge in [0.05, 0.1) is 6.04 Å². The topological polar surface area (TPSA) is 37.4 Å². The Hall–Kier alpha value is -1.05. The van der Waals surface area contributed by atoms with Crippen molar-refractivity contribution in [2.24, 2.45) is 0 Å². The number of piperidine rings is 1. The second-order valence-corrected chi connectivity index (χ2v) is 4.94. The fraction of sp³-hybridized carbons (Fsp3) is 0.385. The van der Waals surface area contributed by atoms with Gasteiger partial charge in [-0.1, -0.05) is 39.6 Å².